The van der Waals surface area contributed by atoms with Gasteiger partial charge in [-0.15, -0.1) is 13.2 Å². The van der Waals surface area contributed by atoms with Crippen LogP contribution < -0.4 is 0 Å². The normalized spacial score (nSPS) is 18.2. The van der Waals surface area contributed by atoms with Gasteiger partial charge in [-0.3, -0.25) is 0 Å². The molecule has 0 bridgehead atoms. The number of hydrogen-bond acceptors (Lipinski definition) is 0. The Balaban J connectivity index is 0.000000862. The predicted octanol–water partition coefficient (Wildman–Crippen LogP) is 8.64. The first-order valence-corrected chi connectivity index (χ1v) is 12.1. The van der Waals surface area contributed by atoms with Crippen molar-refractivity contribution in [2.24, 2.45) is 0 Å². The molecular formula is C22H34BF4PRh. The molecule has 3 rings (SSSR count). The molecule has 167 valence electrons. The second kappa shape index (κ2) is 16.3. The van der Waals surface area contributed by atoms with Crippen molar-refractivity contribution in [3.8, 4) is 0 Å². The van der Waals surface area contributed by atoms with Gasteiger partial charge in [0.05, 0.1) is 17.1 Å². The smallest absolute Gasteiger partial charge is 0.418 e. The van der Waals surface area contributed by atoms with Crippen LogP contribution in [0.25, 0.3) is 6.08 Å². The molecule has 0 saturated heterocycles. The topological polar surface area (TPSA) is 0 Å². The van der Waals surface area contributed by atoms with Crippen LogP contribution in [-0.2, 0) is 19.5 Å². The third-order valence-corrected chi connectivity index (χ3v) is 9.01. The van der Waals surface area contributed by atoms with Gasteiger partial charge in [0, 0.05) is 27.4 Å². The summed E-state index contributed by atoms with van der Waals surface area (Å²) < 4.78 is 39.0. The SMILES string of the molecule is C(=C/[PH+](C1CCCCC1)C1CCCCC1)/c1ccccc1.C=C.F[B-](F)(F)F.[Rh]. The molecule has 0 spiro atoms. The maximum Gasteiger partial charge on any atom is 0.673 e. The molecule has 2 aliphatic carbocycles. The van der Waals surface area contributed by atoms with Crippen LogP contribution in [0.2, 0.25) is 0 Å². The zero-order chi connectivity index (χ0) is 20.8. The molecule has 7 heteroatoms. The van der Waals surface area contributed by atoms with Crippen molar-refractivity contribution < 1.29 is 36.7 Å². The van der Waals surface area contributed by atoms with Gasteiger partial charge in [0.2, 0.25) is 0 Å². The molecule has 2 fully saturated rings. The van der Waals surface area contributed by atoms with E-state index in [1.807, 2.05) is 0 Å². The Morgan fingerprint density at radius 3 is 1.52 bits per heavy atom. The van der Waals surface area contributed by atoms with Gasteiger partial charge in [-0.25, -0.2) is 0 Å². The summed E-state index contributed by atoms with van der Waals surface area (Å²) in [7, 11) is -6.32. The molecule has 1 aromatic carbocycles. The Morgan fingerprint density at radius 2 is 1.14 bits per heavy atom. The quantitative estimate of drug-likeness (QED) is 0.162. The van der Waals surface area contributed by atoms with Gasteiger partial charge in [-0.2, -0.15) is 0 Å². The van der Waals surface area contributed by atoms with Gasteiger partial charge in [-0.1, -0.05) is 43.2 Å². The fourth-order valence-corrected chi connectivity index (χ4v) is 7.98. The second-order valence-electron chi connectivity index (χ2n) is 7.41. The van der Waals surface area contributed by atoms with E-state index in [1.54, 1.807) is 0 Å². The molecule has 0 atom stereocenters. The summed E-state index contributed by atoms with van der Waals surface area (Å²) in [5.41, 5.74) is 3.52. The Hall–Kier alpha value is -0.462. The molecule has 1 radical (unpaired) electrons. The minimum absolute atomic E-state index is 0. The van der Waals surface area contributed by atoms with E-state index >= 15 is 0 Å². The number of hydrogen-bond donors (Lipinski definition) is 0. The van der Waals surface area contributed by atoms with E-state index in [4.69, 9.17) is 0 Å². The summed E-state index contributed by atoms with van der Waals surface area (Å²) in [6, 6.07) is 10.9. The molecule has 0 aromatic heterocycles. The Bertz CT molecular complexity index is 517. The summed E-state index contributed by atoms with van der Waals surface area (Å²) in [4.78, 5) is 0. The minimum Gasteiger partial charge on any atom is -0.418 e. The first-order valence-electron chi connectivity index (χ1n) is 10.4. The van der Waals surface area contributed by atoms with Crippen LogP contribution in [0.3, 0.4) is 0 Å². The van der Waals surface area contributed by atoms with Crippen LogP contribution in [0.1, 0.15) is 69.8 Å². The van der Waals surface area contributed by atoms with E-state index in [0.29, 0.717) is 0 Å². The van der Waals surface area contributed by atoms with Crippen molar-refractivity contribution in [2.75, 3.05) is 0 Å². The van der Waals surface area contributed by atoms with E-state index in [-0.39, 0.29) is 27.4 Å². The first kappa shape index (κ1) is 28.5. The van der Waals surface area contributed by atoms with Gasteiger partial charge in [0.25, 0.3) is 0 Å². The molecule has 0 heterocycles. The summed E-state index contributed by atoms with van der Waals surface area (Å²) in [5, 5.41) is 0. The van der Waals surface area contributed by atoms with Crippen molar-refractivity contribution in [1.82, 2.24) is 0 Å². The van der Waals surface area contributed by atoms with Gasteiger partial charge in [-0.05, 0) is 63.0 Å². The van der Waals surface area contributed by atoms with E-state index in [9.17, 15) is 17.3 Å². The van der Waals surface area contributed by atoms with Crippen LogP contribution in [-0.4, -0.2) is 18.6 Å². The van der Waals surface area contributed by atoms with Gasteiger partial charge >= 0.3 is 7.25 Å². The van der Waals surface area contributed by atoms with Crippen LogP contribution in [0.4, 0.5) is 17.3 Å². The molecule has 1 aromatic rings. The van der Waals surface area contributed by atoms with E-state index in [2.05, 4.69) is 55.4 Å². The zero-order valence-electron chi connectivity index (χ0n) is 17.1. The molecule has 2 saturated carbocycles. The van der Waals surface area contributed by atoms with Crippen LogP contribution in [0, 0.1) is 0 Å². The molecule has 0 aliphatic heterocycles. The van der Waals surface area contributed by atoms with Crippen LogP contribution >= 0.6 is 7.92 Å². The number of halogens is 4. The fourth-order valence-electron chi connectivity index (χ4n) is 4.23. The van der Waals surface area contributed by atoms with E-state index in [1.165, 1.54) is 69.8 Å². The van der Waals surface area contributed by atoms with Gasteiger partial charge < -0.3 is 17.3 Å². The van der Waals surface area contributed by atoms with E-state index < -0.39 is 7.25 Å². The summed E-state index contributed by atoms with van der Waals surface area (Å²) in [6.07, 6.45) is 17.4. The molecule has 0 nitrogen and oxygen atoms in total. The van der Waals surface area contributed by atoms with Crippen molar-refractivity contribution >= 4 is 21.3 Å². The molecule has 0 unspecified atom stereocenters. The summed E-state index contributed by atoms with van der Waals surface area (Å²) in [6.45, 7) is 6.00. The van der Waals surface area contributed by atoms with E-state index in [0.717, 1.165) is 11.3 Å². The molecular weight excluding hydrogens is 485 g/mol. The Labute approximate surface area is 188 Å². The Kier molecular flexibility index (Phi) is 16.0. The van der Waals surface area contributed by atoms with Crippen LogP contribution in [0.5, 0.6) is 0 Å². The summed E-state index contributed by atoms with van der Waals surface area (Å²) >= 11 is 0. The largest absolute Gasteiger partial charge is 0.673 e. The fraction of sp³-hybridized carbons (Fsp3) is 0.545. The van der Waals surface area contributed by atoms with Crippen molar-refractivity contribution in [1.29, 1.82) is 0 Å². The van der Waals surface area contributed by atoms with Crippen LogP contribution in [0.15, 0.2) is 49.3 Å². The molecule has 0 amide bonds. The molecule has 0 N–H and O–H groups in total. The molecule has 2 aliphatic rings. The first-order chi connectivity index (χ1) is 13.4. The number of rotatable bonds is 4. The minimum atomic E-state index is -6.00. The maximum atomic E-state index is 9.75. The number of benzene rings is 1. The standard InChI is InChI=1S/C20H29P.C2H4.BF4.Rh/c1-4-10-18(11-5-1)16-17-21(19-12-6-2-7-13-19)20-14-8-3-9-15-20;1-2;2-1(3,4)5;/h1,4-5,10-11,16-17,19-20H,2-3,6-9,12-15H2;1-2H2;;/q;;-1;/p+1/b17-16-;;;. The van der Waals surface area contributed by atoms with Gasteiger partial charge in [0.15, 0.2) is 0 Å². The van der Waals surface area contributed by atoms with Gasteiger partial charge in [0.1, 0.15) is 0 Å². The zero-order valence-corrected chi connectivity index (χ0v) is 19.7. The summed E-state index contributed by atoms with van der Waals surface area (Å²) in [5.74, 6) is 2.69. The average Bonchev–Trinajstić information content (AvgIpc) is 2.71. The molecule has 29 heavy (non-hydrogen) atoms. The average molecular weight is 519 g/mol. The third kappa shape index (κ3) is 13.5. The maximum absolute atomic E-state index is 9.75. The Morgan fingerprint density at radius 1 is 0.759 bits per heavy atom. The monoisotopic (exact) mass is 519 g/mol. The van der Waals surface area contributed by atoms with Crippen molar-refractivity contribution in [3.05, 3.63) is 54.9 Å². The van der Waals surface area contributed by atoms with Crippen molar-refractivity contribution in [3.63, 3.8) is 0 Å². The second-order valence-corrected chi connectivity index (χ2v) is 10.4. The predicted molar refractivity (Wildman–Crippen MR) is 119 cm³/mol. The van der Waals surface area contributed by atoms with Crippen molar-refractivity contribution in [2.45, 2.75) is 75.5 Å². The third-order valence-electron chi connectivity index (χ3n) is 5.42.